The number of fused-ring (bicyclic) bond motifs is 1. The molecule has 1 aromatic carbocycles. The van der Waals surface area contributed by atoms with E-state index in [2.05, 4.69) is 15.4 Å². The summed E-state index contributed by atoms with van der Waals surface area (Å²) >= 11 is 0. The number of halogens is 1. The second kappa shape index (κ2) is 10.2. The number of nitrogens with zero attached hydrogens (tertiary/aromatic N) is 6. The Morgan fingerprint density at radius 2 is 2.03 bits per heavy atom. The molecule has 1 N–H and O–H groups in total. The van der Waals surface area contributed by atoms with Crippen LogP contribution in [0.5, 0.6) is 0 Å². The van der Waals surface area contributed by atoms with E-state index in [4.69, 9.17) is 4.98 Å². The molecule has 1 aliphatic rings. The van der Waals surface area contributed by atoms with Gasteiger partial charge in [-0.3, -0.25) is 9.48 Å². The van der Waals surface area contributed by atoms with Crippen LogP contribution in [0.2, 0.25) is 0 Å². The predicted molar refractivity (Wildman–Crippen MR) is 133 cm³/mol. The molecule has 0 fully saturated rings. The number of carbonyl (C=O) groups excluding carboxylic acids is 1. The average molecular weight is 482 g/mol. The van der Waals surface area contributed by atoms with Crippen molar-refractivity contribution in [2.24, 2.45) is 5.92 Å². The summed E-state index contributed by atoms with van der Waals surface area (Å²) in [4.78, 5) is 23.8. The fourth-order valence-corrected chi connectivity index (χ4v) is 4.23. The normalized spacial score (nSPS) is 14.9. The summed E-state index contributed by atoms with van der Waals surface area (Å²) in [7, 11) is 1.90. The number of aryl methyl sites for hydroxylation is 3. The van der Waals surface area contributed by atoms with E-state index in [9.17, 15) is 14.4 Å². The van der Waals surface area contributed by atoms with E-state index >= 15 is 0 Å². The number of rotatable bonds is 6. The van der Waals surface area contributed by atoms with Gasteiger partial charge in [0.2, 0.25) is 5.91 Å². The highest BCUT2D eigenvalue weighted by Gasteiger charge is 2.35. The van der Waals surface area contributed by atoms with Gasteiger partial charge in [0.25, 0.3) is 0 Å². The van der Waals surface area contributed by atoms with Gasteiger partial charge >= 0.3 is 0 Å². The van der Waals surface area contributed by atoms with Crippen molar-refractivity contribution < 1.29 is 9.18 Å². The molecule has 10 heteroatoms. The van der Waals surface area contributed by atoms with E-state index < -0.39 is 5.82 Å². The maximum atomic E-state index is 13.4. The average Bonchev–Trinajstić information content (AvgIpc) is 3.21. The van der Waals surface area contributed by atoms with Gasteiger partial charge in [-0.05, 0) is 42.5 Å². The van der Waals surface area contributed by atoms with E-state index in [0.717, 1.165) is 17.1 Å². The predicted octanol–water partition coefficient (Wildman–Crippen LogP) is 3.35. The molecule has 0 unspecified atom stereocenters. The number of nitriles is 1. The molecule has 1 atom stereocenters. The van der Waals surface area contributed by atoms with Crippen molar-refractivity contribution in [1.82, 2.24) is 19.7 Å². The Kier molecular flexibility index (Phi) is 7.57. The first-order valence-electron chi connectivity index (χ1n) is 10.9. The maximum Gasteiger partial charge on any atom is 0.247 e. The first kappa shape index (κ1) is 25.2. The maximum absolute atomic E-state index is 13.4. The number of nitrogens with one attached hydrogen (secondary N) is 1. The topological polar surface area (TPSA) is 99.7 Å². The van der Waals surface area contributed by atoms with E-state index in [1.165, 1.54) is 12.1 Å². The van der Waals surface area contributed by atoms with Crippen molar-refractivity contribution in [3.8, 4) is 6.07 Å². The molecule has 0 aliphatic carbocycles. The molecule has 34 heavy (non-hydrogen) atoms. The first-order chi connectivity index (χ1) is 15.8. The first-order valence-corrected chi connectivity index (χ1v) is 10.9. The van der Waals surface area contributed by atoms with E-state index in [0.29, 0.717) is 42.0 Å². The van der Waals surface area contributed by atoms with Crippen molar-refractivity contribution in [2.75, 3.05) is 17.3 Å². The molecule has 0 radical (unpaired) electrons. The van der Waals surface area contributed by atoms with Gasteiger partial charge < -0.3 is 10.2 Å². The second-order valence-electron chi connectivity index (χ2n) is 8.67. The summed E-state index contributed by atoms with van der Waals surface area (Å²) in [6.45, 7) is 6.30. The third kappa shape index (κ3) is 5.04. The minimum absolute atomic E-state index is 0. The molecular weight excluding hydrogens is 453 g/mol. The monoisotopic (exact) mass is 481 g/mol. The van der Waals surface area contributed by atoms with Gasteiger partial charge in [-0.15, -0.1) is 0 Å². The Balaban J connectivity index is 0.00000324. The highest BCUT2D eigenvalue weighted by molar-refractivity contribution is 7.59. The SMILES string of the molecule is Cc1nc(CCc2cnn(Cc3ccc(F)cc3C#N)c2)nc2c1NC(=O)[C@H](C(C)C)N2C.S. The summed E-state index contributed by atoms with van der Waals surface area (Å²) in [5.74, 6) is 1.13. The van der Waals surface area contributed by atoms with Crippen LogP contribution in [0.1, 0.15) is 42.1 Å². The molecule has 4 rings (SSSR count). The van der Waals surface area contributed by atoms with Crippen molar-refractivity contribution in [2.45, 2.75) is 46.2 Å². The molecule has 1 amide bonds. The summed E-state index contributed by atoms with van der Waals surface area (Å²) in [5.41, 5.74) is 3.45. The minimum atomic E-state index is -0.429. The molecule has 0 bridgehead atoms. The number of benzene rings is 1. The Hall–Kier alpha value is -3.45. The lowest BCUT2D eigenvalue weighted by atomic mass is 9.99. The fraction of sp³-hybridized carbons (Fsp3) is 0.375. The molecule has 0 saturated heterocycles. The largest absolute Gasteiger partial charge is 0.346 e. The van der Waals surface area contributed by atoms with Gasteiger partial charge in [-0.25, -0.2) is 14.4 Å². The highest BCUT2D eigenvalue weighted by Crippen LogP contribution is 2.33. The number of carbonyl (C=O) groups is 1. The van der Waals surface area contributed by atoms with Gasteiger partial charge in [-0.2, -0.15) is 23.9 Å². The molecule has 0 saturated carbocycles. The third-order valence-corrected chi connectivity index (χ3v) is 5.87. The lowest BCUT2D eigenvalue weighted by molar-refractivity contribution is -0.118. The van der Waals surface area contributed by atoms with Crippen molar-refractivity contribution in [3.63, 3.8) is 0 Å². The standard InChI is InChI=1S/C24H26FN7O.H2S/c1-14(2)22-24(33)30-21-15(3)28-20(29-23(21)31(22)4)8-5-16-11-27-32(12-16)13-17-6-7-19(25)9-18(17)10-26;/h6-7,9,11-12,14,22H,5,8,13H2,1-4H3,(H,30,33);1H2/t22-;/m0./s1. The number of amides is 1. The van der Waals surface area contributed by atoms with Gasteiger partial charge in [0.05, 0.1) is 30.1 Å². The van der Waals surface area contributed by atoms with Gasteiger partial charge in [0, 0.05) is 19.7 Å². The Bertz CT molecular complexity index is 1250. The zero-order valence-corrected chi connectivity index (χ0v) is 20.6. The lowest BCUT2D eigenvalue weighted by Gasteiger charge is -2.36. The van der Waals surface area contributed by atoms with Crippen LogP contribution in [-0.4, -0.2) is 38.7 Å². The van der Waals surface area contributed by atoms with Crippen LogP contribution in [-0.2, 0) is 24.2 Å². The highest BCUT2D eigenvalue weighted by atomic mass is 32.1. The molecule has 1 aliphatic heterocycles. The Morgan fingerprint density at radius 3 is 2.74 bits per heavy atom. The second-order valence-corrected chi connectivity index (χ2v) is 8.67. The van der Waals surface area contributed by atoms with E-state index in [-0.39, 0.29) is 31.4 Å². The molecule has 2 aromatic heterocycles. The number of likely N-dealkylation sites (N-methyl/N-ethyl adjacent to an activating group) is 1. The van der Waals surface area contributed by atoms with E-state index in [1.54, 1.807) is 16.9 Å². The number of hydrogen-bond donors (Lipinski definition) is 1. The van der Waals surface area contributed by atoms with Crippen LogP contribution in [0.25, 0.3) is 0 Å². The van der Waals surface area contributed by atoms with Crippen LogP contribution in [0.3, 0.4) is 0 Å². The lowest BCUT2D eigenvalue weighted by Crippen LogP contribution is -2.49. The quantitative estimate of drug-likeness (QED) is 0.580. The van der Waals surface area contributed by atoms with Crippen LogP contribution >= 0.6 is 13.5 Å². The van der Waals surface area contributed by atoms with Crippen LogP contribution in [0, 0.1) is 30.0 Å². The third-order valence-electron chi connectivity index (χ3n) is 5.87. The molecule has 8 nitrogen and oxygen atoms in total. The van der Waals surface area contributed by atoms with Crippen LogP contribution in [0.4, 0.5) is 15.9 Å². The van der Waals surface area contributed by atoms with Crippen molar-refractivity contribution >= 4 is 30.9 Å². The smallest absolute Gasteiger partial charge is 0.247 e. The molecule has 3 heterocycles. The van der Waals surface area contributed by atoms with E-state index in [1.807, 2.05) is 45.0 Å². The summed E-state index contributed by atoms with van der Waals surface area (Å²) in [5, 5.41) is 16.6. The van der Waals surface area contributed by atoms with Crippen LogP contribution in [0.15, 0.2) is 30.6 Å². The van der Waals surface area contributed by atoms with Crippen molar-refractivity contribution in [3.05, 3.63) is 64.6 Å². The summed E-state index contributed by atoms with van der Waals surface area (Å²) in [6.07, 6.45) is 5.00. The number of aromatic nitrogens is 4. The zero-order valence-electron chi connectivity index (χ0n) is 19.6. The van der Waals surface area contributed by atoms with Gasteiger partial charge in [-0.1, -0.05) is 19.9 Å². The molecule has 0 spiro atoms. The number of anilines is 2. The molecular formula is C24H28FN7OS. The zero-order chi connectivity index (χ0) is 23.7. The Labute approximate surface area is 205 Å². The molecule has 3 aromatic rings. The summed E-state index contributed by atoms with van der Waals surface area (Å²) in [6, 6.07) is 5.94. The molecule has 178 valence electrons. The van der Waals surface area contributed by atoms with Gasteiger partial charge in [0.1, 0.15) is 23.4 Å². The fourth-order valence-electron chi connectivity index (χ4n) is 4.23. The summed E-state index contributed by atoms with van der Waals surface area (Å²) < 4.78 is 15.1. The Morgan fingerprint density at radius 1 is 1.26 bits per heavy atom. The number of hydrogen-bond acceptors (Lipinski definition) is 6. The van der Waals surface area contributed by atoms with Crippen LogP contribution < -0.4 is 10.2 Å². The van der Waals surface area contributed by atoms with Crippen molar-refractivity contribution in [1.29, 1.82) is 5.26 Å². The van der Waals surface area contributed by atoms with Gasteiger partial charge in [0.15, 0.2) is 5.82 Å². The minimum Gasteiger partial charge on any atom is -0.346 e.